The summed E-state index contributed by atoms with van der Waals surface area (Å²) in [4.78, 5) is 16.3. The summed E-state index contributed by atoms with van der Waals surface area (Å²) in [5.41, 5.74) is 0. The van der Waals surface area contributed by atoms with E-state index in [0.717, 1.165) is 26.2 Å². The van der Waals surface area contributed by atoms with Gasteiger partial charge in [-0.05, 0) is 37.3 Å². The smallest absolute Gasteiger partial charge is 0.228 e. The number of piperazine rings is 1. The molecule has 0 bridgehead atoms. The average molecular weight is 291 g/mol. The quantitative estimate of drug-likeness (QED) is 0.890. The highest BCUT2D eigenvalue weighted by molar-refractivity contribution is 6.31. The predicted octanol–water partition coefficient (Wildman–Crippen LogP) is 0.836. The highest BCUT2D eigenvalue weighted by atomic mass is 35.5. The SMILES string of the molecule is CN1CCN(C)C(CNc2nc(Cl)nc(Cl)n2)C1. The van der Waals surface area contributed by atoms with Gasteiger partial charge in [0.25, 0.3) is 0 Å². The van der Waals surface area contributed by atoms with E-state index in [4.69, 9.17) is 23.2 Å². The molecule has 2 rings (SSSR count). The molecule has 18 heavy (non-hydrogen) atoms. The van der Waals surface area contributed by atoms with Gasteiger partial charge in [-0.25, -0.2) is 0 Å². The van der Waals surface area contributed by atoms with Gasteiger partial charge in [0.05, 0.1) is 0 Å². The van der Waals surface area contributed by atoms with Crippen LogP contribution in [0.5, 0.6) is 0 Å². The molecule has 1 aliphatic heterocycles. The van der Waals surface area contributed by atoms with Crippen molar-refractivity contribution < 1.29 is 0 Å². The van der Waals surface area contributed by atoms with E-state index in [1.165, 1.54) is 0 Å². The van der Waals surface area contributed by atoms with Gasteiger partial charge in [0, 0.05) is 32.2 Å². The second kappa shape index (κ2) is 5.97. The zero-order valence-electron chi connectivity index (χ0n) is 10.4. The molecule has 1 aromatic rings. The average Bonchev–Trinajstić information content (AvgIpc) is 2.29. The Hall–Kier alpha value is -0.690. The number of hydrogen-bond donors (Lipinski definition) is 1. The maximum absolute atomic E-state index is 5.72. The standard InChI is InChI=1S/C10H16Cl2N6/c1-17-3-4-18(2)7(6-17)5-13-10-15-8(11)14-9(12)16-10/h7H,3-6H2,1-2H3,(H,13,14,15,16). The van der Waals surface area contributed by atoms with Gasteiger partial charge in [0.1, 0.15) is 0 Å². The lowest BCUT2D eigenvalue weighted by molar-refractivity contribution is 0.121. The molecule has 0 saturated carbocycles. The molecule has 0 aromatic carbocycles. The van der Waals surface area contributed by atoms with Crippen LogP contribution >= 0.6 is 23.2 Å². The Morgan fingerprint density at radius 3 is 2.50 bits per heavy atom. The number of likely N-dealkylation sites (N-methyl/N-ethyl adjacent to an activating group) is 2. The normalized spacial score (nSPS) is 22.1. The lowest BCUT2D eigenvalue weighted by Crippen LogP contribution is -2.52. The van der Waals surface area contributed by atoms with E-state index in [1.54, 1.807) is 0 Å². The van der Waals surface area contributed by atoms with Gasteiger partial charge < -0.3 is 10.2 Å². The van der Waals surface area contributed by atoms with Crippen LogP contribution < -0.4 is 5.32 Å². The van der Waals surface area contributed by atoms with Gasteiger partial charge in [0.2, 0.25) is 16.5 Å². The molecule has 8 heteroatoms. The Morgan fingerprint density at radius 2 is 1.83 bits per heavy atom. The van der Waals surface area contributed by atoms with E-state index in [0.29, 0.717) is 12.0 Å². The van der Waals surface area contributed by atoms with Crippen molar-refractivity contribution in [3.63, 3.8) is 0 Å². The van der Waals surface area contributed by atoms with Crippen LogP contribution in [-0.4, -0.2) is 71.1 Å². The summed E-state index contributed by atoms with van der Waals surface area (Å²) in [6, 6.07) is 0.415. The number of hydrogen-bond acceptors (Lipinski definition) is 6. The van der Waals surface area contributed by atoms with Crippen molar-refractivity contribution in [3.05, 3.63) is 10.6 Å². The van der Waals surface area contributed by atoms with Gasteiger partial charge in [-0.2, -0.15) is 15.0 Å². The fraction of sp³-hybridized carbons (Fsp3) is 0.700. The van der Waals surface area contributed by atoms with Gasteiger partial charge >= 0.3 is 0 Å². The van der Waals surface area contributed by atoms with Crippen molar-refractivity contribution in [2.45, 2.75) is 6.04 Å². The number of halogens is 2. The molecular weight excluding hydrogens is 275 g/mol. The van der Waals surface area contributed by atoms with E-state index in [1.807, 2.05) is 0 Å². The monoisotopic (exact) mass is 290 g/mol. The molecule has 0 aliphatic carbocycles. The minimum absolute atomic E-state index is 0.103. The summed E-state index contributed by atoms with van der Waals surface area (Å²) in [6.07, 6.45) is 0. The van der Waals surface area contributed by atoms with Crippen LogP contribution in [0.3, 0.4) is 0 Å². The molecule has 1 atom stereocenters. The third kappa shape index (κ3) is 3.65. The van der Waals surface area contributed by atoms with E-state index >= 15 is 0 Å². The molecule has 0 amide bonds. The van der Waals surface area contributed by atoms with Crippen LogP contribution in [0.2, 0.25) is 10.6 Å². The van der Waals surface area contributed by atoms with Gasteiger partial charge in [-0.1, -0.05) is 0 Å². The lowest BCUT2D eigenvalue weighted by Gasteiger charge is -2.37. The Labute approximate surface area is 116 Å². The van der Waals surface area contributed by atoms with Crippen LogP contribution in [0.1, 0.15) is 0 Å². The van der Waals surface area contributed by atoms with E-state index in [2.05, 4.69) is 44.2 Å². The summed E-state index contributed by atoms with van der Waals surface area (Å²) < 4.78 is 0. The van der Waals surface area contributed by atoms with Crippen LogP contribution in [0.4, 0.5) is 5.95 Å². The summed E-state index contributed by atoms with van der Waals surface area (Å²) in [5, 5.41) is 3.35. The molecule has 1 N–H and O–H groups in total. The molecule has 1 aromatic heterocycles. The Morgan fingerprint density at radius 1 is 1.17 bits per heavy atom. The molecule has 1 saturated heterocycles. The third-order valence-electron chi connectivity index (χ3n) is 3.06. The molecule has 1 aliphatic rings. The topological polar surface area (TPSA) is 57.2 Å². The summed E-state index contributed by atoms with van der Waals surface area (Å²) in [5.74, 6) is 0.418. The third-order valence-corrected chi connectivity index (χ3v) is 3.39. The number of aromatic nitrogens is 3. The molecule has 1 unspecified atom stereocenters. The fourth-order valence-corrected chi connectivity index (χ4v) is 2.30. The second-order valence-electron chi connectivity index (χ2n) is 4.47. The van der Waals surface area contributed by atoms with E-state index in [9.17, 15) is 0 Å². The predicted molar refractivity (Wildman–Crippen MR) is 72.3 cm³/mol. The molecule has 1 fully saturated rings. The first-order valence-corrected chi connectivity index (χ1v) is 6.50. The van der Waals surface area contributed by atoms with Crippen molar-refractivity contribution >= 4 is 29.2 Å². The highest BCUT2D eigenvalue weighted by Crippen LogP contribution is 2.11. The number of nitrogens with zero attached hydrogens (tertiary/aromatic N) is 5. The highest BCUT2D eigenvalue weighted by Gasteiger charge is 2.22. The first-order valence-electron chi connectivity index (χ1n) is 5.74. The van der Waals surface area contributed by atoms with Crippen LogP contribution in [-0.2, 0) is 0 Å². The molecule has 0 spiro atoms. The first-order chi connectivity index (χ1) is 8.54. The molecule has 100 valence electrons. The van der Waals surface area contributed by atoms with Crippen molar-refractivity contribution in [2.75, 3.05) is 45.6 Å². The minimum atomic E-state index is 0.103. The van der Waals surface area contributed by atoms with Crippen molar-refractivity contribution in [1.29, 1.82) is 0 Å². The van der Waals surface area contributed by atoms with Gasteiger partial charge in [-0.3, -0.25) is 4.90 Å². The van der Waals surface area contributed by atoms with E-state index < -0.39 is 0 Å². The largest absolute Gasteiger partial charge is 0.352 e. The van der Waals surface area contributed by atoms with Crippen molar-refractivity contribution in [3.8, 4) is 0 Å². The summed E-state index contributed by atoms with van der Waals surface area (Å²) >= 11 is 11.4. The van der Waals surface area contributed by atoms with Crippen molar-refractivity contribution in [1.82, 2.24) is 24.8 Å². The van der Waals surface area contributed by atoms with E-state index in [-0.39, 0.29) is 10.6 Å². The molecule has 2 heterocycles. The van der Waals surface area contributed by atoms with Crippen LogP contribution in [0, 0.1) is 0 Å². The second-order valence-corrected chi connectivity index (χ2v) is 5.15. The lowest BCUT2D eigenvalue weighted by atomic mass is 10.2. The molecule has 0 radical (unpaired) electrons. The Balaban J connectivity index is 1.94. The maximum atomic E-state index is 5.72. The number of anilines is 1. The molecular formula is C10H16Cl2N6. The van der Waals surface area contributed by atoms with Gasteiger partial charge in [0.15, 0.2) is 0 Å². The van der Waals surface area contributed by atoms with Gasteiger partial charge in [-0.15, -0.1) is 0 Å². The minimum Gasteiger partial charge on any atom is -0.352 e. The Bertz CT molecular complexity index is 395. The zero-order chi connectivity index (χ0) is 13.1. The van der Waals surface area contributed by atoms with Crippen LogP contribution in [0.15, 0.2) is 0 Å². The fourth-order valence-electron chi connectivity index (χ4n) is 1.94. The van der Waals surface area contributed by atoms with Crippen molar-refractivity contribution in [2.24, 2.45) is 0 Å². The summed E-state index contributed by atoms with van der Waals surface area (Å²) in [7, 11) is 4.24. The number of rotatable bonds is 3. The number of nitrogens with one attached hydrogen (secondary N) is 1. The summed E-state index contributed by atoms with van der Waals surface area (Å²) in [6.45, 7) is 3.91. The first kappa shape index (κ1) is 13.7. The maximum Gasteiger partial charge on any atom is 0.228 e. The van der Waals surface area contributed by atoms with Crippen LogP contribution in [0.25, 0.3) is 0 Å². The molecule has 6 nitrogen and oxygen atoms in total. The zero-order valence-corrected chi connectivity index (χ0v) is 11.9. The Kier molecular flexibility index (Phi) is 4.55.